The first kappa shape index (κ1) is 22.6. The van der Waals surface area contributed by atoms with Crippen molar-refractivity contribution in [2.75, 3.05) is 12.3 Å². The number of fused-ring (bicyclic) bond motifs is 3. The first-order valence-corrected chi connectivity index (χ1v) is 11.0. The summed E-state index contributed by atoms with van der Waals surface area (Å²) in [5, 5.41) is 19.1. The molecule has 0 saturated carbocycles. The van der Waals surface area contributed by atoms with Gasteiger partial charge in [0.2, 0.25) is 0 Å². The van der Waals surface area contributed by atoms with Crippen LogP contribution in [0.3, 0.4) is 0 Å². The predicted octanol–water partition coefficient (Wildman–Crippen LogP) is 5.10. The number of nitrogens with two attached hydrogens (primary N) is 1. The Labute approximate surface area is 193 Å². The highest BCUT2D eigenvalue weighted by Crippen LogP contribution is 2.38. The van der Waals surface area contributed by atoms with Gasteiger partial charge in [-0.3, -0.25) is 0 Å². The van der Waals surface area contributed by atoms with Crippen LogP contribution >= 0.6 is 0 Å². The van der Waals surface area contributed by atoms with E-state index in [1.54, 1.807) is 11.0 Å². The van der Waals surface area contributed by atoms with Crippen LogP contribution in [0, 0.1) is 19.3 Å². The zero-order chi connectivity index (χ0) is 24.1. The van der Waals surface area contributed by atoms with Crippen molar-refractivity contribution in [3.8, 4) is 17.0 Å². The molecule has 172 valence electrons. The van der Waals surface area contributed by atoms with E-state index in [-0.39, 0.29) is 11.8 Å². The number of hydrogen-bond donors (Lipinski definition) is 3. The number of hydrogen-bond acceptors (Lipinski definition) is 6. The maximum Gasteiger partial charge on any atom is 0.410 e. The molecule has 0 radical (unpaired) electrons. The summed E-state index contributed by atoms with van der Waals surface area (Å²) in [6, 6.07) is 7.48. The van der Waals surface area contributed by atoms with Crippen LogP contribution in [0.4, 0.5) is 10.5 Å². The lowest BCUT2D eigenvalue weighted by molar-refractivity contribution is 0.0224. The van der Waals surface area contributed by atoms with Gasteiger partial charge in [0.05, 0.1) is 17.8 Å². The van der Waals surface area contributed by atoms with Crippen LogP contribution in [0.2, 0.25) is 0 Å². The molecule has 4 N–H and O–H groups in total. The quantitative estimate of drug-likeness (QED) is 0.375. The van der Waals surface area contributed by atoms with Crippen LogP contribution in [0.15, 0.2) is 24.3 Å². The number of aromatic hydroxyl groups is 1. The number of rotatable bonds is 2. The van der Waals surface area contributed by atoms with E-state index in [1.165, 1.54) is 6.21 Å². The van der Waals surface area contributed by atoms with E-state index < -0.39 is 5.60 Å². The maximum absolute atomic E-state index is 12.9. The fourth-order valence-electron chi connectivity index (χ4n) is 4.45. The lowest BCUT2D eigenvalue weighted by Gasteiger charge is -2.33. The number of carbonyl (C=O) groups excluding carboxylic acids is 1. The molecule has 0 aliphatic carbocycles. The summed E-state index contributed by atoms with van der Waals surface area (Å²) in [5.74, 6) is 0.266. The number of nitrogen functional groups attached to an aromatic ring is 1. The molecule has 1 aliphatic heterocycles. The average molecular weight is 447 g/mol. The highest BCUT2D eigenvalue weighted by atomic mass is 16.6. The monoisotopic (exact) mass is 446 g/mol. The molecule has 2 heterocycles. The molecule has 4 rings (SSSR count). The Hall–Kier alpha value is -3.61. The van der Waals surface area contributed by atoms with E-state index >= 15 is 0 Å². The number of carbonyl (C=O) groups is 1. The minimum absolute atomic E-state index is 0.266. The summed E-state index contributed by atoms with van der Waals surface area (Å²) in [7, 11) is 0. The minimum atomic E-state index is -0.588. The zero-order valence-corrected chi connectivity index (χ0v) is 19.7. The smallest absolute Gasteiger partial charge is 0.410 e. The van der Waals surface area contributed by atoms with E-state index in [2.05, 4.69) is 0 Å². The summed E-state index contributed by atoms with van der Waals surface area (Å²) in [5.41, 5.74) is 12.6. The average Bonchev–Trinajstić information content (AvgIpc) is 2.75. The Balaban J connectivity index is 1.96. The Morgan fingerprint density at radius 3 is 2.48 bits per heavy atom. The summed E-state index contributed by atoms with van der Waals surface area (Å²) in [4.78, 5) is 19.5. The number of amides is 1. The van der Waals surface area contributed by atoms with Crippen molar-refractivity contribution in [2.24, 2.45) is 0 Å². The van der Waals surface area contributed by atoms with E-state index in [4.69, 9.17) is 20.9 Å². The van der Waals surface area contributed by atoms with E-state index in [0.29, 0.717) is 30.8 Å². The van der Waals surface area contributed by atoms with Gasteiger partial charge in [-0.25, -0.2) is 9.78 Å². The number of aromatic nitrogens is 1. The number of nitrogens with zero attached hydrogens (tertiary/aromatic N) is 2. The molecule has 0 spiro atoms. The number of benzene rings is 2. The fourth-order valence-corrected chi connectivity index (χ4v) is 4.45. The Morgan fingerprint density at radius 1 is 1.21 bits per heavy atom. The number of phenolic OH excluding ortho intramolecular Hbond substituents is 1. The molecule has 1 amide bonds. The molecule has 0 unspecified atom stereocenters. The second-order valence-corrected chi connectivity index (χ2v) is 9.63. The second-order valence-electron chi connectivity index (χ2n) is 9.63. The SMILES string of the molecule is Cc1cc(-c2nc3ccc(N)c(C=N)c3c3c2CN(C(=O)OC(C)(C)C)CC3)cc(C)c1O. The molecule has 2 aromatic carbocycles. The molecule has 1 aliphatic rings. The maximum atomic E-state index is 12.9. The largest absolute Gasteiger partial charge is 0.507 e. The van der Waals surface area contributed by atoms with Crippen LogP contribution in [-0.2, 0) is 17.7 Å². The van der Waals surface area contributed by atoms with Crippen molar-refractivity contribution in [1.82, 2.24) is 9.88 Å². The minimum Gasteiger partial charge on any atom is -0.507 e. The van der Waals surface area contributed by atoms with Gasteiger partial charge in [-0.05, 0) is 82.0 Å². The zero-order valence-electron chi connectivity index (χ0n) is 19.7. The van der Waals surface area contributed by atoms with Crippen LogP contribution < -0.4 is 5.73 Å². The Morgan fingerprint density at radius 2 is 1.88 bits per heavy atom. The van der Waals surface area contributed by atoms with Crippen molar-refractivity contribution < 1.29 is 14.6 Å². The Bertz CT molecular complexity index is 1270. The lowest BCUT2D eigenvalue weighted by atomic mass is 9.89. The number of aryl methyl sites for hydroxylation is 2. The van der Waals surface area contributed by atoms with Gasteiger partial charge in [0.1, 0.15) is 11.4 Å². The van der Waals surface area contributed by atoms with Crippen molar-refractivity contribution >= 4 is 28.9 Å². The highest BCUT2D eigenvalue weighted by molar-refractivity contribution is 6.05. The van der Waals surface area contributed by atoms with Crippen LogP contribution in [0.5, 0.6) is 5.75 Å². The van der Waals surface area contributed by atoms with Gasteiger partial charge in [0, 0.05) is 40.5 Å². The number of ether oxygens (including phenoxy) is 1. The summed E-state index contributed by atoms with van der Waals surface area (Å²) >= 11 is 0. The number of nitrogens with one attached hydrogen (secondary N) is 1. The van der Waals surface area contributed by atoms with Gasteiger partial charge >= 0.3 is 6.09 Å². The van der Waals surface area contributed by atoms with Crippen molar-refractivity contribution in [3.05, 3.63) is 52.1 Å². The van der Waals surface area contributed by atoms with E-state index in [9.17, 15) is 9.90 Å². The summed E-state index contributed by atoms with van der Waals surface area (Å²) in [6.07, 6.45) is 1.51. The molecular weight excluding hydrogens is 416 g/mol. The van der Waals surface area contributed by atoms with Crippen LogP contribution in [-0.4, -0.2) is 39.4 Å². The number of phenols is 1. The first-order valence-electron chi connectivity index (χ1n) is 11.0. The topological polar surface area (TPSA) is 113 Å². The molecule has 0 bridgehead atoms. The summed E-state index contributed by atoms with van der Waals surface area (Å²) in [6.45, 7) is 10.1. The van der Waals surface area contributed by atoms with Crippen molar-refractivity contribution in [3.63, 3.8) is 0 Å². The third-order valence-corrected chi connectivity index (χ3v) is 5.98. The number of anilines is 1. The van der Waals surface area contributed by atoms with Crippen LogP contribution in [0.1, 0.15) is 48.6 Å². The standard InChI is InChI=1S/C26H30N4O3/c1-14-10-16(11-15(2)24(14)31)23-19-13-30(25(32)33-26(3,4)5)9-8-17(19)22-18(12-27)20(28)6-7-21(22)29-23/h6-7,10-12,27,31H,8-9,13,28H2,1-5H3. The summed E-state index contributed by atoms with van der Waals surface area (Å²) < 4.78 is 5.62. The van der Waals surface area contributed by atoms with E-state index in [1.807, 2.05) is 52.8 Å². The Kier molecular flexibility index (Phi) is 5.52. The third kappa shape index (κ3) is 4.11. The second kappa shape index (κ2) is 8.06. The van der Waals surface area contributed by atoms with Gasteiger partial charge < -0.3 is 25.9 Å². The third-order valence-electron chi connectivity index (χ3n) is 5.98. The van der Waals surface area contributed by atoms with Crippen molar-refractivity contribution in [2.45, 2.75) is 53.2 Å². The molecule has 0 saturated heterocycles. The lowest BCUT2D eigenvalue weighted by Crippen LogP contribution is -2.40. The molecule has 0 atom stereocenters. The predicted molar refractivity (Wildman–Crippen MR) is 131 cm³/mol. The molecule has 1 aromatic heterocycles. The molecular formula is C26H30N4O3. The highest BCUT2D eigenvalue weighted by Gasteiger charge is 2.30. The van der Waals surface area contributed by atoms with Crippen molar-refractivity contribution in [1.29, 1.82) is 5.41 Å². The van der Waals surface area contributed by atoms with Gasteiger partial charge in [-0.2, -0.15) is 0 Å². The molecule has 33 heavy (non-hydrogen) atoms. The molecule has 7 heteroatoms. The van der Waals surface area contributed by atoms with Gasteiger partial charge in [0.15, 0.2) is 0 Å². The van der Waals surface area contributed by atoms with Gasteiger partial charge in [0.25, 0.3) is 0 Å². The molecule has 7 nitrogen and oxygen atoms in total. The van der Waals surface area contributed by atoms with E-state index in [0.717, 1.165) is 44.4 Å². The first-order chi connectivity index (χ1) is 15.5. The molecule has 3 aromatic rings. The van der Waals surface area contributed by atoms with Gasteiger partial charge in [-0.15, -0.1) is 0 Å². The normalized spacial score (nSPS) is 13.7. The number of pyridine rings is 1. The molecule has 0 fully saturated rings. The van der Waals surface area contributed by atoms with Crippen LogP contribution in [0.25, 0.3) is 22.2 Å². The fraction of sp³-hybridized carbons (Fsp3) is 0.346. The van der Waals surface area contributed by atoms with Gasteiger partial charge in [-0.1, -0.05) is 0 Å².